The lowest BCUT2D eigenvalue weighted by Crippen LogP contribution is -2.19. The molecule has 0 unspecified atom stereocenters. The van der Waals surface area contributed by atoms with E-state index in [4.69, 9.17) is 0 Å². The molecular weight excluding hydrogens is 234 g/mol. The molecule has 96 valence electrons. The summed E-state index contributed by atoms with van der Waals surface area (Å²) in [6.45, 7) is 1.96. The van der Waals surface area contributed by atoms with E-state index < -0.39 is 0 Å². The fourth-order valence-corrected chi connectivity index (χ4v) is 3.84. The van der Waals surface area contributed by atoms with Gasteiger partial charge in [0.2, 0.25) is 0 Å². The Bertz CT molecular complexity index is 677. The molecule has 2 atom stereocenters. The largest absolute Gasteiger partial charge is 0.505 e. The number of benzene rings is 2. The van der Waals surface area contributed by atoms with Crippen molar-refractivity contribution in [3.8, 4) is 5.75 Å². The molecule has 4 rings (SSSR count). The second-order valence-corrected chi connectivity index (χ2v) is 5.73. The third kappa shape index (κ3) is 1.26. The minimum absolute atomic E-state index is 0.388. The third-order valence-corrected chi connectivity index (χ3v) is 4.75. The van der Waals surface area contributed by atoms with Gasteiger partial charge >= 0.3 is 0 Å². The van der Waals surface area contributed by atoms with Crippen LogP contribution in [0.3, 0.4) is 0 Å². The molecule has 0 amide bonds. The van der Waals surface area contributed by atoms with Gasteiger partial charge in [-0.15, -0.1) is 0 Å². The standard InChI is InChI=1S/C17H17NO/c1-10-7-8-13-14-9-11-5-3-4-6-12(11)15(14)18(2)16(13)17(10)19/h3-8,14-15,19H,9H2,1-2H3/t14-,15+/m0/s1. The first-order chi connectivity index (χ1) is 9.18. The van der Waals surface area contributed by atoms with Gasteiger partial charge in [-0.3, -0.25) is 0 Å². The van der Waals surface area contributed by atoms with Crippen LogP contribution in [-0.2, 0) is 6.42 Å². The zero-order valence-electron chi connectivity index (χ0n) is 11.2. The van der Waals surface area contributed by atoms with Crippen molar-refractivity contribution in [2.75, 3.05) is 11.9 Å². The van der Waals surface area contributed by atoms with Crippen LogP contribution in [0.15, 0.2) is 36.4 Å². The molecule has 19 heavy (non-hydrogen) atoms. The normalized spacial score (nSPS) is 23.2. The summed E-state index contributed by atoms with van der Waals surface area (Å²) in [7, 11) is 2.10. The van der Waals surface area contributed by atoms with E-state index in [9.17, 15) is 5.11 Å². The van der Waals surface area contributed by atoms with Gasteiger partial charge in [-0.1, -0.05) is 36.4 Å². The average molecular weight is 251 g/mol. The lowest BCUT2D eigenvalue weighted by Gasteiger charge is -2.23. The van der Waals surface area contributed by atoms with Gasteiger partial charge in [-0.05, 0) is 35.6 Å². The maximum absolute atomic E-state index is 10.4. The molecular formula is C17H17NO. The van der Waals surface area contributed by atoms with Crippen molar-refractivity contribution in [2.45, 2.75) is 25.3 Å². The van der Waals surface area contributed by atoms with Crippen LogP contribution in [0.25, 0.3) is 0 Å². The van der Waals surface area contributed by atoms with E-state index in [2.05, 4.69) is 42.3 Å². The number of nitrogens with zero attached hydrogens (tertiary/aromatic N) is 1. The highest BCUT2D eigenvalue weighted by Gasteiger charge is 2.44. The topological polar surface area (TPSA) is 23.5 Å². The summed E-state index contributed by atoms with van der Waals surface area (Å²) in [5.74, 6) is 0.941. The minimum atomic E-state index is 0.388. The van der Waals surface area contributed by atoms with Crippen molar-refractivity contribution in [1.29, 1.82) is 0 Å². The quantitative estimate of drug-likeness (QED) is 0.774. The summed E-state index contributed by atoms with van der Waals surface area (Å²) >= 11 is 0. The van der Waals surface area contributed by atoms with Crippen molar-refractivity contribution >= 4 is 5.69 Å². The van der Waals surface area contributed by atoms with Crippen LogP contribution >= 0.6 is 0 Å². The van der Waals surface area contributed by atoms with Crippen LogP contribution in [-0.4, -0.2) is 12.2 Å². The molecule has 1 N–H and O–H groups in total. The molecule has 0 radical (unpaired) electrons. The lowest BCUT2D eigenvalue weighted by molar-refractivity contribution is 0.471. The predicted molar refractivity (Wildman–Crippen MR) is 76.9 cm³/mol. The van der Waals surface area contributed by atoms with Crippen molar-refractivity contribution in [3.63, 3.8) is 0 Å². The maximum Gasteiger partial charge on any atom is 0.142 e. The van der Waals surface area contributed by atoms with Crippen LogP contribution in [0, 0.1) is 6.92 Å². The second-order valence-electron chi connectivity index (χ2n) is 5.73. The molecule has 0 spiro atoms. The molecule has 2 nitrogen and oxygen atoms in total. The Hall–Kier alpha value is -1.96. The molecule has 0 aromatic heterocycles. The molecule has 2 aliphatic rings. The number of rotatable bonds is 0. The Labute approximate surface area is 113 Å². The number of aryl methyl sites for hydroxylation is 1. The van der Waals surface area contributed by atoms with Gasteiger partial charge < -0.3 is 10.0 Å². The van der Waals surface area contributed by atoms with E-state index in [0.717, 1.165) is 17.7 Å². The zero-order chi connectivity index (χ0) is 13.1. The molecule has 0 saturated heterocycles. The van der Waals surface area contributed by atoms with E-state index >= 15 is 0 Å². The highest BCUT2D eigenvalue weighted by Crippen LogP contribution is 2.57. The van der Waals surface area contributed by atoms with Crippen LogP contribution in [0.5, 0.6) is 5.75 Å². The molecule has 1 heterocycles. The zero-order valence-corrected chi connectivity index (χ0v) is 11.2. The van der Waals surface area contributed by atoms with E-state index in [1.807, 2.05) is 13.0 Å². The maximum atomic E-state index is 10.4. The van der Waals surface area contributed by atoms with Gasteiger partial charge in [0.25, 0.3) is 0 Å². The number of anilines is 1. The molecule has 0 fully saturated rings. The predicted octanol–water partition coefficient (Wildman–Crippen LogP) is 3.53. The van der Waals surface area contributed by atoms with Gasteiger partial charge in [-0.2, -0.15) is 0 Å². The van der Waals surface area contributed by atoms with Crippen molar-refractivity contribution in [2.24, 2.45) is 0 Å². The third-order valence-electron chi connectivity index (χ3n) is 4.75. The van der Waals surface area contributed by atoms with Crippen LogP contribution in [0.4, 0.5) is 5.69 Å². The monoisotopic (exact) mass is 251 g/mol. The summed E-state index contributed by atoms with van der Waals surface area (Å²) < 4.78 is 0. The van der Waals surface area contributed by atoms with Gasteiger partial charge in [0.05, 0.1) is 11.7 Å². The number of aromatic hydroxyl groups is 1. The Morgan fingerprint density at radius 2 is 1.89 bits per heavy atom. The molecule has 2 heteroatoms. The highest BCUT2D eigenvalue weighted by atomic mass is 16.3. The number of phenols is 1. The number of hydrogen-bond donors (Lipinski definition) is 1. The molecule has 0 saturated carbocycles. The Kier molecular flexibility index (Phi) is 2.03. The molecule has 2 aromatic rings. The number of fused-ring (bicyclic) bond motifs is 5. The van der Waals surface area contributed by atoms with Crippen LogP contribution in [0.2, 0.25) is 0 Å². The first-order valence-electron chi connectivity index (χ1n) is 6.81. The first kappa shape index (κ1) is 10.9. The van der Waals surface area contributed by atoms with Gasteiger partial charge in [0.15, 0.2) is 0 Å². The second kappa shape index (κ2) is 3.53. The SMILES string of the molecule is Cc1ccc2c(c1O)N(C)[C@@H]1c3ccccc3C[C@@H]21. The number of hydrogen-bond acceptors (Lipinski definition) is 2. The van der Waals surface area contributed by atoms with Crippen molar-refractivity contribution < 1.29 is 5.11 Å². The summed E-state index contributed by atoms with van der Waals surface area (Å²) in [5.41, 5.74) is 6.16. The summed E-state index contributed by atoms with van der Waals surface area (Å²) in [6.07, 6.45) is 1.08. The van der Waals surface area contributed by atoms with E-state index in [1.165, 1.54) is 16.7 Å². The highest BCUT2D eigenvalue weighted by molar-refractivity contribution is 5.73. The Morgan fingerprint density at radius 1 is 1.11 bits per heavy atom. The van der Waals surface area contributed by atoms with E-state index in [-0.39, 0.29) is 0 Å². The minimum Gasteiger partial charge on any atom is -0.505 e. The fourth-order valence-electron chi connectivity index (χ4n) is 3.84. The summed E-state index contributed by atoms with van der Waals surface area (Å²) in [4.78, 5) is 2.26. The summed E-state index contributed by atoms with van der Waals surface area (Å²) in [5, 5.41) is 10.4. The van der Waals surface area contributed by atoms with Crippen molar-refractivity contribution in [3.05, 3.63) is 58.7 Å². The summed E-state index contributed by atoms with van der Waals surface area (Å²) in [6, 6.07) is 13.3. The van der Waals surface area contributed by atoms with E-state index in [0.29, 0.717) is 17.7 Å². The van der Waals surface area contributed by atoms with Crippen LogP contribution in [0.1, 0.15) is 34.2 Å². The van der Waals surface area contributed by atoms with E-state index in [1.54, 1.807) is 0 Å². The van der Waals surface area contributed by atoms with Crippen molar-refractivity contribution in [1.82, 2.24) is 0 Å². The number of likely N-dealkylation sites (N-methyl/N-ethyl adjacent to an activating group) is 1. The van der Waals surface area contributed by atoms with Crippen LogP contribution < -0.4 is 4.90 Å². The van der Waals surface area contributed by atoms with Gasteiger partial charge in [-0.25, -0.2) is 0 Å². The average Bonchev–Trinajstić information content (AvgIpc) is 2.91. The fraction of sp³-hybridized carbons (Fsp3) is 0.294. The Balaban J connectivity index is 1.92. The lowest BCUT2D eigenvalue weighted by atomic mass is 9.95. The molecule has 2 aromatic carbocycles. The molecule has 0 bridgehead atoms. The Morgan fingerprint density at radius 3 is 2.74 bits per heavy atom. The van der Waals surface area contributed by atoms with Gasteiger partial charge in [0.1, 0.15) is 5.75 Å². The molecule has 1 aliphatic heterocycles. The number of phenolic OH excluding ortho intramolecular Hbond substituents is 1. The first-order valence-corrected chi connectivity index (χ1v) is 6.81. The van der Waals surface area contributed by atoms with Gasteiger partial charge in [0, 0.05) is 13.0 Å². The molecule has 1 aliphatic carbocycles. The smallest absolute Gasteiger partial charge is 0.142 e.